The molecule has 4 rings (SSSR count). The van der Waals surface area contributed by atoms with Crippen molar-refractivity contribution in [2.24, 2.45) is 0 Å². The van der Waals surface area contributed by atoms with Crippen LogP contribution in [0.4, 0.5) is 24.7 Å². The number of benzene rings is 2. The highest BCUT2D eigenvalue weighted by molar-refractivity contribution is 5.66. The summed E-state index contributed by atoms with van der Waals surface area (Å²) >= 11 is 0. The number of methoxy groups -OCH3 is 1. The molecule has 0 bridgehead atoms. The first-order valence-electron chi connectivity index (χ1n) is 11.9. The first-order chi connectivity index (χ1) is 16.9. The zero-order valence-corrected chi connectivity index (χ0v) is 19.9. The van der Waals surface area contributed by atoms with E-state index >= 15 is 0 Å². The van der Waals surface area contributed by atoms with Gasteiger partial charge in [0.1, 0.15) is 11.6 Å². The van der Waals surface area contributed by atoms with Gasteiger partial charge in [-0.1, -0.05) is 18.2 Å². The minimum atomic E-state index is -4.31. The zero-order valence-electron chi connectivity index (χ0n) is 19.9. The van der Waals surface area contributed by atoms with Crippen LogP contribution < -0.4 is 15.0 Å². The van der Waals surface area contributed by atoms with Crippen LogP contribution in [0.3, 0.4) is 0 Å². The van der Waals surface area contributed by atoms with E-state index in [1.165, 1.54) is 12.1 Å². The van der Waals surface area contributed by atoms with Crippen molar-refractivity contribution in [3.05, 3.63) is 72.4 Å². The van der Waals surface area contributed by atoms with Gasteiger partial charge in [0, 0.05) is 44.6 Å². The molecule has 1 aliphatic rings. The summed E-state index contributed by atoms with van der Waals surface area (Å²) in [6, 6.07) is 17.6. The molecular weight excluding hydrogens is 453 g/mol. The summed E-state index contributed by atoms with van der Waals surface area (Å²) < 4.78 is 44.2. The number of anilines is 2. The number of hydrogen-bond donors (Lipinski definition) is 1. The standard InChI is InChI=1S/C27H31F3N4O/c1-35-25-9-7-21(8-10-25)22-11-13-32-26(19-22)31-12-2-3-14-33-15-17-34(18-16-33)24-6-4-5-23(20-24)27(28,29)30/h4-11,13,19-20H,2-3,12,14-18H2,1H3,(H,31,32). The van der Waals surface area contributed by atoms with E-state index < -0.39 is 11.7 Å². The number of hydrogen-bond acceptors (Lipinski definition) is 5. The van der Waals surface area contributed by atoms with Gasteiger partial charge >= 0.3 is 6.18 Å². The van der Waals surface area contributed by atoms with Gasteiger partial charge in [0.2, 0.25) is 0 Å². The Morgan fingerprint density at radius 1 is 0.914 bits per heavy atom. The van der Waals surface area contributed by atoms with E-state index in [4.69, 9.17) is 4.74 Å². The minimum Gasteiger partial charge on any atom is -0.497 e. The molecule has 0 amide bonds. The number of pyridine rings is 1. The Bertz CT molecular complexity index is 1080. The molecule has 35 heavy (non-hydrogen) atoms. The molecule has 1 aliphatic heterocycles. The highest BCUT2D eigenvalue weighted by atomic mass is 19.4. The fourth-order valence-electron chi connectivity index (χ4n) is 4.28. The van der Waals surface area contributed by atoms with Gasteiger partial charge < -0.3 is 15.0 Å². The SMILES string of the molecule is COc1ccc(-c2ccnc(NCCCCN3CCN(c4cccc(C(F)(F)F)c4)CC3)c2)cc1. The van der Waals surface area contributed by atoms with Crippen molar-refractivity contribution in [1.29, 1.82) is 0 Å². The maximum absolute atomic E-state index is 13.0. The lowest BCUT2D eigenvalue weighted by Crippen LogP contribution is -2.46. The Hall–Kier alpha value is -3.26. The molecule has 1 fully saturated rings. The first-order valence-corrected chi connectivity index (χ1v) is 11.9. The van der Waals surface area contributed by atoms with E-state index in [1.54, 1.807) is 13.2 Å². The topological polar surface area (TPSA) is 40.6 Å². The molecule has 0 aliphatic carbocycles. The molecule has 0 unspecified atom stereocenters. The third kappa shape index (κ3) is 6.88. The summed E-state index contributed by atoms with van der Waals surface area (Å²) in [6.45, 7) is 5.01. The van der Waals surface area contributed by atoms with Crippen LogP contribution in [0.5, 0.6) is 5.75 Å². The number of halogens is 3. The number of ether oxygens (including phenoxy) is 1. The Labute approximate surface area is 204 Å². The normalized spacial score (nSPS) is 14.7. The summed E-state index contributed by atoms with van der Waals surface area (Å²) in [7, 11) is 1.66. The van der Waals surface area contributed by atoms with Gasteiger partial charge in [-0.15, -0.1) is 0 Å². The van der Waals surface area contributed by atoms with Gasteiger partial charge in [0.25, 0.3) is 0 Å². The van der Waals surface area contributed by atoms with Crippen LogP contribution in [0.25, 0.3) is 11.1 Å². The number of unbranched alkanes of at least 4 members (excludes halogenated alkanes) is 1. The Kier molecular flexibility index (Phi) is 8.13. The summed E-state index contributed by atoms with van der Waals surface area (Å²) in [5.74, 6) is 1.69. The average molecular weight is 485 g/mol. The van der Waals surface area contributed by atoms with E-state index in [9.17, 15) is 13.2 Å². The predicted octanol–water partition coefficient (Wildman–Crippen LogP) is 5.79. The predicted molar refractivity (Wildman–Crippen MR) is 134 cm³/mol. The second-order valence-electron chi connectivity index (χ2n) is 8.67. The van der Waals surface area contributed by atoms with E-state index in [2.05, 4.69) is 21.3 Å². The molecule has 1 saturated heterocycles. The second-order valence-corrected chi connectivity index (χ2v) is 8.67. The molecular formula is C27H31F3N4O. The van der Waals surface area contributed by atoms with Crippen LogP contribution >= 0.6 is 0 Å². The van der Waals surface area contributed by atoms with Crippen molar-refractivity contribution in [1.82, 2.24) is 9.88 Å². The summed E-state index contributed by atoms with van der Waals surface area (Å²) in [6.07, 6.45) is -0.429. The second kappa shape index (κ2) is 11.4. The van der Waals surface area contributed by atoms with Crippen molar-refractivity contribution in [3.63, 3.8) is 0 Å². The maximum atomic E-state index is 13.0. The fraction of sp³-hybridized carbons (Fsp3) is 0.370. The molecule has 3 aromatic rings. The number of aromatic nitrogens is 1. The van der Waals surface area contributed by atoms with Gasteiger partial charge in [-0.25, -0.2) is 4.98 Å². The Morgan fingerprint density at radius 2 is 1.69 bits per heavy atom. The highest BCUT2D eigenvalue weighted by Gasteiger charge is 2.31. The third-order valence-electron chi connectivity index (χ3n) is 6.30. The largest absolute Gasteiger partial charge is 0.497 e. The van der Waals surface area contributed by atoms with Crippen LogP contribution in [-0.4, -0.2) is 56.3 Å². The fourth-order valence-corrected chi connectivity index (χ4v) is 4.28. The highest BCUT2D eigenvalue weighted by Crippen LogP contribution is 2.32. The van der Waals surface area contributed by atoms with Crippen molar-refractivity contribution >= 4 is 11.5 Å². The lowest BCUT2D eigenvalue weighted by molar-refractivity contribution is -0.137. The number of alkyl halides is 3. The zero-order chi connectivity index (χ0) is 24.7. The maximum Gasteiger partial charge on any atom is 0.416 e. The Balaban J connectivity index is 1.17. The van der Waals surface area contributed by atoms with Crippen LogP contribution in [0.2, 0.25) is 0 Å². The van der Waals surface area contributed by atoms with Crippen LogP contribution in [-0.2, 0) is 6.18 Å². The molecule has 1 N–H and O–H groups in total. The van der Waals surface area contributed by atoms with E-state index in [-0.39, 0.29) is 0 Å². The number of rotatable bonds is 9. The van der Waals surface area contributed by atoms with Crippen molar-refractivity contribution in [3.8, 4) is 16.9 Å². The summed E-state index contributed by atoms with van der Waals surface area (Å²) in [5, 5.41) is 3.41. The van der Waals surface area contributed by atoms with E-state index in [0.29, 0.717) is 5.69 Å². The molecule has 2 heterocycles. The van der Waals surface area contributed by atoms with Gasteiger partial charge in [0.15, 0.2) is 0 Å². The smallest absolute Gasteiger partial charge is 0.416 e. The third-order valence-corrected chi connectivity index (χ3v) is 6.30. The molecule has 5 nitrogen and oxygen atoms in total. The van der Waals surface area contributed by atoms with Crippen LogP contribution in [0.1, 0.15) is 18.4 Å². The van der Waals surface area contributed by atoms with Gasteiger partial charge in [-0.2, -0.15) is 13.2 Å². The number of nitrogens with one attached hydrogen (secondary N) is 1. The lowest BCUT2D eigenvalue weighted by atomic mass is 10.1. The molecule has 186 valence electrons. The molecule has 2 aromatic carbocycles. The molecule has 8 heteroatoms. The summed E-state index contributed by atoms with van der Waals surface area (Å²) in [4.78, 5) is 8.84. The number of piperazine rings is 1. The first kappa shape index (κ1) is 24.9. The number of nitrogens with zero attached hydrogens (tertiary/aromatic N) is 3. The minimum absolute atomic E-state index is 0.589. The van der Waals surface area contributed by atoms with Gasteiger partial charge in [0.05, 0.1) is 12.7 Å². The molecule has 0 atom stereocenters. The lowest BCUT2D eigenvalue weighted by Gasteiger charge is -2.36. The van der Waals surface area contributed by atoms with Gasteiger partial charge in [-0.05, 0) is 73.0 Å². The molecule has 1 aromatic heterocycles. The van der Waals surface area contributed by atoms with Crippen LogP contribution in [0, 0.1) is 0 Å². The van der Waals surface area contributed by atoms with Crippen molar-refractivity contribution in [2.75, 3.05) is 56.6 Å². The van der Waals surface area contributed by atoms with Crippen LogP contribution in [0.15, 0.2) is 66.9 Å². The van der Waals surface area contributed by atoms with Crippen molar-refractivity contribution in [2.45, 2.75) is 19.0 Å². The monoisotopic (exact) mass is 484 g/mol. The average Bonchev–Trinajstić information content (AvgIpc) is 2.89. The van der Waals surface area contributed by atoms with E-state index in [1.807, 2.05) is 41.4 Å². The molecule has 0 saturated carbocycles. The van der Waals surface area contributed by atoms with E-state index in [0.717, 1.165) is 80.9 Å². The summed E-state index contributed by atoms with van der Waals surface area (Å²) in [5.41, 5.74) is 2.27. The molecule has 0 spiro atoms. The van der Waals surface area contributed by atoms with Gasteiger partial charge in [-0.3, -0.25) is 4.90 Å². The molecule has 0 radical (unpaired) electrons. The van der Waals surface area contributed by atoms with Crippen molar-refractivity contribution < 1.29 is 17.9 Å². The Morgan fingerprint density at radius 3 is 2.40 bits per heavy atom. The quantitative estimate of drug-likeness (QED) is 0.390.